The number of hydrogen-bond donors (Lipinski definition) is 6. The Morgan fingerprint density at radius 2 is 1.83 bits per heavy atom. The molecule has 154 valence electrons. The Labute approximate surface area is 168 Å². The van der Waals surface area contributed by atoms with Gasteiger partial charge in [-0.25, -0.2) is 8.42 Å². The van der Waals surface area contributed by atoms with Gasteiger partial charge in [0, 0.05) is 10.4 Å². The quantitative estimate of drug-likeness (QED) is 0.240. The summed E-state index contributed by atoms with van der Waals surface area (Å²) in [7, 11) is -8.67. The average molecular weight is 458 g/mol. The summed E-state index contributed by atoms with van der Waals surface area (Å²) in [6.45, 7) is 0. The first-order valence-electron chi connectivity index (χ1n) is 7.86. The molecule has 0 unspecified atom stereocenters. The van der Waals surface area contributed by atoms with Gasteiger partial charge < -0.3 is 25.3 Å². The summed E-state index contributed by atoms with van der Waals surface area (Å²) < 4.78 is 37.6. The van der Waals surface area contributed by atoms with Crippen LogP contribution in [0.1, 0.15) is 10.4 Å². The van der Waals surface area contributed by atoms with E-state index < -0.39 is 41.3 Å². The lowest BCUT2D eigenvalue weighted by Crippen LogP contribution is -2.23. The molecule has 10 nitrogen and oxygen atoms in total. The van der Waals surface area contributed by atoms with Crippen molar-refractivity contribution in [3.8, 4) is 11.5 Å². The van der Waals surface area contributed by atoms with Gasteiger partial charge in [-0.05, 0) is 41.8 Å². The number of phenolic OH excluding ortho intramolecular Hbond substituents is 2. The van der Waals surface area contributed by atoms with Crippen molar-refractivity contribution in [1.29, 1.82) is 0 Å². The molecule has 1 amide bonds. The fraction of sp³-hybridized carbons (Fsp3) is 0.0625. The fourth-order valence-corrected chi connectivity index (χ4v) is 5.82. The summed E-state index contributed by atoms with van der Waals surface area (Å²) in [6.07, 6.45) is -1.02. The minimum atomic E-state index is -4.55. The molecular weight excluding hydrogens is 443 g/mol. The summed E-state index contributed by atoms with van der Waals surface area (Å²) in [5.74, 6) is -1.68. The standard InChI is InChI=1S/C16H15N2O8PS2/c19-12-3-1-2-11(15(12)20)16(21)18-10-4-5-13-9(6-10)7-14(28-13)29(25,26)17-8-27(22,23)24/h1-7,17,19-20H,8H2,(H,18,21)(H2,22,23,24). The Balaban J connectivity index is 1.85. The van der Waals surface area contributed by atoms with E-state index in [-0.39, 0.29) is 9.77 Å². The van der Waals surface area contributed by atoms with E-state index in [1.54, 1.807) is 6.07 Å². The number of fused-ring (bicyclic) bond motifs is 1. The molecular formula is C16H15N2O8PS2. The molecule has 0 bridgehead atoms. The maximum absolute atomic E-state index is 12.3. The maximum atomic E-state index is 12.3. The molecule has 0 aliphatic rings. The highest BCUT2D eigenvalue weighted by Crippen LogP contribution is 2.35. The zero-order valence-corrected chi connectivity index (χ0v) is 17.0. The second-order valence-corrected chi connectivity index (χ2v) is 10.6. The van der Waals surface area contributed by atoms with Crippen LogP contribution in [0.3, 0.4) is 0 Å². The Bertz CT molecular complexity index is 1250. The molecule has 29 heavy (non-hydrogen) atoms. The molecule has 6 N–H and O–H groups in total. The number of para-hydroxylation sites is 1. The number of hydrogen-bond acceptors (Lipinski definition) is 7. The van der Waals surface area contributed by atoms with Gasteiger partial charge in [-0.15, -0.1) is 11.3 Å². The molecule has 0 saturated carbocycles. The summed E-state index contributed by atoms with van der Waals surface area (Å²) in [4.78, 5) is 30.0. The van der Waals surface area contributed by atoms with Crippen molar-refractivity contribution in [2.45, 2.75) is 4.21 Å². The Hall–Kier alpha value is -2.47. The molecule has 1 heterocycles. The van der Waals surface area contributed by atoms with Crippen molar-refractivity contribution < 1.29 is 37.8 Å². The lowest BCUT2D eigenvalue weighted by molar-refractivity contribution is 0.102. The van der Waals surface area contributed by atoms with Crippen molar-refractivity contribution in [3.05, 3.63) is 48.0 Å². The van der Waals surface area contributed by atoms with Crippen LogP contribution in [0.4, 0.5) is 5.69 Å². The van der Waals surface area contributed by atoms with Crippen molar-refractivity contribution in [1.82, 2.24) is 4.72 Å². The maximum Gasteiger partial charge on any atom is 0.340 e. The lowest BCUT2D eigenvalue weighted by atomic mass is 10.1. The second-order valence-electron chi connectivity index (χ2n) is 5.92. The van der Waals surface area contributed by atoms with Crippen LogP contribution in [0.2, 0.25) is 0 Å². The van der Waals surface area contributed by atoms with Gasteiger partial charge >= 0.3 is 7.60 Å². The highest BCUT2D eigenvalue weighted by Gasteiger charge is 2.22. The number of nitrogens with one attached hydrogen (secondary N) is 2. The van der Waals surface area contributed by atoms with Crippen molar-refractivity contribution >= 4 is 50.6 Å². The molecule has 0 aliphatic heterocycles. The first kappa shape index (κ1) is 21.2. The zero-order chi connectivity index (χ0) is 21.4. The fourth-order valence-electron chi connectivity index (χ4n) is 2.38. The molecule has 0 aliphatic carbocycles. The summed E-state index contributed by atoms with van der Waals surface area (Å²) in [5, 5.41) is 22.3. The van der Waals surface area contributed by atoms with Gasteiger partial charge in [0.25, 0.3) is 15.9 Å². The van der Waals surface area contributed by atoms with E-state index in [9.17, 15) is 28.0 Å². The van der Waals surface area contributed by atoms with Crippen LogP contribution >= 0.6 is 18.9 Å². The molecule has 2 aromatic carbocycles. The first-order chi connectivity index (χ1) is 13.5. The second kappa shape index (κ2) is 7.75. The topological polar surface area (TPSA) is 173 Å². The van der Waals surface area contributed by atoms with E-state index in [1.165, 1.54) is 36.4 Å². The third kappa shape index (κ3) is 4.93. The number of carbonyl (C=O) groups is 1. The van der Waals surface area contributed by atoms with E-state index in [2.05, 4.69) is 5.32 Å². The van der Waals surface area contributed by atoms with Gasteiger partial charge in [0.05, 0.1) is 5.56 Å². The number of aromatic hydroxyl groups is 2. The van der Waals surface area contributed by atoms with Gasteiger partial charge in [-0.1, -0.05) is 6.07 Å². The van der Waals surface area contributed by atoms with Crippen molar-refractivity contribution in [2.24, 2.45) is 0 Å². The van der Waals surface area contributed by atoms with Gasteiger partial charge in [0.2, 0.25) is 0 Å². The number of benzene rings is 2. The normalized spacial score (nSPS) is 12.2. The highest BCUT2D eigenvalue weighted by atomic mass is 32.2. The summed E-state index contributed by atoms with van der Waals surface area (Å²) >= 11 is 0.894. The Kier molecular flexibility index (Phi) is 5.68. The van der Waals surface area contributed by atoms with Crippen molar-refractivity contribution in [3.63, 3.8) is 0 Å². The number of sulfonamides is 1. The third-order valence-corrected chi connectivity index (χ3v) is 7.51. The average Bonchev–Trinajstić information content (AvgIpc) is 3.06. The number of amides is 1. The minimum absolute atomic E-state index is 0.139. The van der Waals surface area contributed by atoms with Gasteiger partial charge in [0.1, 0.15) is 10.5 Å². The molecule has 3 aromatic rings. The van der Waals surface area contributed by atoms with Crippen LogP contribution in [0.5, 0.6) is 11.5 Å². The van der Waals surface area contributed by atoms with Crippen LogP contribution in [0.25, 0.3) is 10.1 Å². The van der Waals surface area contributed by atoms with E-state index >= 15 is 0 Å². The Morgan fingerprint density at radius 1 is 1.10 bits per heavy atom. The summed E-state index contributed by atoms with van der Waals surface area (Å²) in [5.41, 5.74) is 0.176. The number of anilines is 1. The van der Waals surface area contributed by atoms with Crippen LogP contribution in [-0.4, -0.2) is 40.6 Å². The third-order valence-electron chi connectivity index (χ3n) is 3.74. The number of thiophene rings is 1. The lowest BCUT2D eigenvalue weighted by Gasteiger charge is -2.07. The highest BCUT2D eigenvalue weighted by molar-refractivity contribution is 7.92. The predicted octanol–water partition coefficient (Wildman–Crippen LogP) is 1.98. The van der Waals surface area contributed by atoms with Gasteiger partial charge in [0.15, 0.2) is 11.5 Å². The van der Waals surface area contributed by atoms with Crippen LogP contribution in [0, 0.1) is 0 Å². The molecule has 3 rings (SSSR count). The molecule has 0 spiro atoms. The monoisotopic (exact) mass is 458 g/mol. The molecule has 0 fully saturated rings. The Morgan fingerprint density at radius 3 is 2.52 bits per heavy atom. The largest absolute Gasteiger partial charge is 0.504 e. The van der Waals surface area contributed by atoms with E-state index in [0.29, 0.717) is 15.8 Å². The molecule has 13 heteroatoms. The number of phenols is 2. The summed E-state index contributed by atoms with van der Waals surface area (Å²) in [6, 6.07) is 9.86. The smallest absolute Gasteiger partial charge is 0.340 e. The molecule has 0 atom stereocenters. The SMILES string of the molecule is O=C(Nc1ccc2sc(S(=O)(=O)NCP(=O)(O)O)cc2c1)c1cccc(O)c1O. The number of rotatable bonds is 6. The number of carbonyl (C=O) groups excluding carboxylic acids is 1. The van der Waals surface area contributed by atoms with Crippen molar-refractivity contribution in [2.75, 3.05) is 11.6 Å². The van der Waals surface area contributed by atoms with Crippen LogP contribution in [0.15, 0.2) is 46.7 Å². The van der Waals surface area contributed by atoms with Gasteiger partial charge in [-0.3, -0.25) is 9.36 Å². The first-order valence-corrected chi connectivity index (χ1v) is 12.0. The van der Waals surface area contributed by atoms with Crippen LogP contribution in [-0.2, 0) is 14.6 Å². The molecule has 0 saturated heterocycles. The van der Waals surface area contributed by atoms with Gasteiger partial charge in [-0.2, -0.15) is 4.72 Å². The van der Waals surface area contributed by atoms with E-state index in [1.807, 2.05) is 4.72 Å². The zero-order valence-electron chi connectivity index (χ0n) is 14.4. The predicted molar refractivity (Wildman–Crippen MR) is 107 cm³/mol. The minimum Gasteiger partial charge on any atom is -0.504 e. The van der Waals surface area contributed by atoms with Crippen LogP contribution < -0.4 is 10.0 Å². The van der Waals surface area contributed by atoms with E-state index in [0.717, 1.165) is 11.3 Å². The molecule has 1 aromatic heterocycles. The molecule has 0 radical (unpaired) electrons. The van der Waals surface area contributed by atoms with E-state index in [4.69, 9.17) is 9.79 Å².